The molecule has 0 radical (unpaired) electrons. The molecule has 1 aromatic carbocycles. The highest BCUT2D eigenvalue weighted by molar-refractivity contribution is 5.51. The molecular formula is C12H14O2. The maximum atomic E-state index is 10.2. The Morgan fingerprint density at radius 3 is 2.71 bits per heavy atom. The summed E-state index contributed by atoms with van der Waals surface area (Å²) in [4.78, 5) is 10.2. The molecule has 2 nitrogen and oxygen atoms in total. The van der Waals surface area contributed by atoms with Gasteiger partial charge in [0.25, 0.3) is 0 Å². The molecule has 0 unspecified atom stereocenters. The topological polar surface area (TPSA) is 29.6 Å². The number of rotatable bonds is 5. The summed E-state index contributed by atoms with van der Waals surface area (Å²) in [6, 6.07) is 10.4. The van der Waals surface area contributed by atoms with Crippen LogP contribution < -0.4 is 0 Å². The van der Waals surface area contributed by atoms with E-state index >= 15 is 0 Å². The SMILES string of the molecule is O=CC[C@@H]1O[C@H]1CCc1ccccc1. The number of ether oxygens (including phenoxy) is 1. The van der Waals surface area contributed by atoms with Crippen molar-refractivity contribution in [1.29, 1.82) is 0 Å². The third-order valence-corrected chi connectivity index (χ3v) is 2.58. The molecule has 2 rings (SSSR count). The van der Waals surface area contributed by atoms with Crippen molar-refractivity contribution in [3.63, 3.8) is 0 Å². The van der Waals surface area contributed by atoms with E-state index in [1.807, 2.05) is 18.2 Å². The van der Waals surface area contributed by atoms with Gasteiger partial charge in [0.1, 0.15) is 6.29 Å². The minimum atomic E-state index is 0.205. The van der Waals surface area contributed by atoms with E-state index in [-0.39, 0.29) is 6.10 Å². The summed E-state index contributed by atoms with van der Waals surface area (Å²) in [6.07, 6.45) is 4.09. The van der Waals surface area contributed by atoms with Gasteiger partial charge in [0.2, 0.25) is 0 Å². The summed E-state index contributed by atoms with van der Waals surface area (Å²) in [5.41, 5.74) is 1.34. The van der Waals surface area contributed by atoms with E-state index in [1.54, 1.807) is 0 Å². The summed E-state index contributed by atoms with van der Waals surface area (Å²) in [5.74, 6) is 0. The van der Waals surface area contributed by atoms with Crippen LogP contribution in [0.1, 0.15) is 18.4 Å². The van der Waals surface area contributed by atoms with Crippen molar-refractivity contribution in [3.05, 3.63) is 35.9 Å². The van der Waals surface area contributed by atoms with E-state index in [2.05, 4.69) is 12.1 Å². The Morgan fingerprint density at radius 1 is 1.21 bits per heavy atom. The van der Waals surface area contributed by atoms with Gasteiger partial charge in [-0.3, -0.25) is 0 Å². The average molecular weight is 190 g/mol. The van der Waals surface area contributed by atoms with Crippen molar-refractivity contribution in [2.45, 2.75) is 31.5 Å². The van der Waals surface area contributed by atoms with E-state index in [1.165, 1.54) is 5.56 Å². The molecule has 1 aliphatic rings. The monoisotopic (exact) mass is 190 g/mol. The maximum Gasteiger partial charge on any atom is 0.122 e. The second kappa shape index (κ2) is 4.38. The van der Waals surface area contributed by atoms with E-state index in [0.29, 0.717) is 12.5 Å². The normalized spacial score (nSPS) is 24.6. The summed E-state index contributed by atoms with van der Waals surface area (Å²) >= 11 is 0. The zero-order valence-electron chi connectivity index (χ0n) is 8.06. The highest BCUT2D eigenvalue weighted by Crippen LogP contribution is 2.28. The van der Waals surface area contributed by atoms with E-state index in [9.17, 15) is 4.79 Å². The molecule has 74 valence electrons. The zero-order chi connectivity index (χ0) is 9.80. The molecule has 14 heavy (non-hydrogen) atoms. The van der Waals surface area contributed by atoms with Crippen LogP contribution in [0.3, 0.4) is 0 Å². The third kappa shape index (κ3) is 2.42. The molecule has 1 aliphatic heterocycles. The highest BCUT2D eigenvalue weighted by atomic mass is 16.6. The third-order valence-electron chi connectivity index (χ3n) is 2.58. The molecule has 0 aromatic heterocycles. The van der Waals surface area contributed by atoms with Crippen molar-refractivity contribution in [2.24, 2.45) is 0 Å². The second-order valence-corrected chi connectivity index (χ2v) is 3.64. The van der Waals surface area contributed by atoms with Crippen LogP contribution in [0.5, 0.6) is 0 Å². The first kappa shape index (κ1) is 9.41. The Hall–Kier alpha value is -1.15. The van der Waals surface area contributed by atoms with Crippen LogP contribution >= 0.6 is 0 Å². The summed E-state index contributed by atoms with van der Waals surface area (Å²) in [7, 11) is 0. The highest BCUT2D eigenvalue weighted by Gasteiger charge is 2.37. The van der Waals surface area contributed by atoms with Crippen molar-refractivity contribution in [3.8, 4) is 0 Å². The minimum absolute atomic E-state index is 0.205. The molecule has 1 saturated heterocycles. The van der Waals surface area contributed by atoms with Crippen molar-refractivity contribution < 1.29 is 9.53 Å². The van der Waals surface area contributed by atoms with Crippen molar-refractivity contribution in [1.82, 2.24) is 0 Å². The number of carbonyl (C=O) groups is 1. The first-order valence-electron chi connectivity index (χ1n) is 5.03. The van der Waals surface area contributed by atoms with Crippen LogP contribution in [-0.4, -0.2) is 18.5 Å². The summed E-state index contributed by atoms with van der Waals surface area (Å²) < 4.78 is 5.35. The molecule has 1 fully saturated rings. The molecule has 0 saturated carbocycles. The van der Waals surface area contributed by atoms with Gasteiger partial charge in [0, 0.05) is 6.42 Å². The van der Waals surface area contributed by atoms with Crippen LogP contribution in [0.4, 0.5) is 0 Å². The molecule has 0 N–H and O–H groups in total. The van der Waals surface area contributed by atoms with E-state index in [4.69, 9.17) is 4.74 Å². The van der Waals surface area contributed by atoms with Gasteiger partial charge in [-0.25, -0.2) is 0 Å². The second-order valence-electron chi connectivity index (χ2n) is 3.64. The Kier molecular flexibility index (Phi) is 2.94. The number of hydrogen-bond donors (Lipinski definition) is 0. The number of epoxide rings is 1. The lowest BCUT2D eigenvalue weighted by atomic mass is 10.1. The Balaban J connectivity index is 1.72. The lowest BCUT2D eigenvalue weighted by molar-refractivity contribution is -0.108. The summed E-state index contributed by atoms with van der Waals surface area (Å²) in [6.45, 7) is 0. The first-order chi connectivity index (χ1) is 6.90. The number of aldehydes is 1. The average Bonchev–Trinajstić information content (AvgIpc) is 2.96. The van der Waals surface area contributed by atoms with Gasteiger partial charge < -0.3 is 9.53 Å². The molecule has 0 spiro atoms. The summed E-state index contributed by atoms with van der Waals surface area (Å²) in [5, 5.41) is 0. The van der Waals surface area contributed by atoms with Gasteiger partial charge in [-0.2, -0.15) is 0 Å². The van der Waals surface area contributed by atoms with Gasteiger partial charge in [-0.1, -0.05) is 30.3 Å². The van der Waals surface area contributed by atoms with Gasteiger partial charge in [0.05, 0.1) is 12.2 Å². The minimum Gasteiger partial charge on any atom is -0.369 e. The molecular weight excluding hydrogens is 176 g/mol. The largest absolute Gasteiger partial charge is 0.369 e. The van der Waals surface area contributed by atoms with Crippen molar-refractivity contribution >= 4 is 6.29 Å². The van der Waals surface area contributed by atoms with Crippen LogP contribution in [0, 0.1) is 0 Å². The Labute approximate surface area is 83.9 Å². The number of hydrogen-bond acceptors (Lipinski definition) is 2. The molecule has 2 atom stereocenters. The van der Waals surface area contributed by atoms with Gasteiger partial charge in [0.15, 0.2) is 0 Å². The van der Waals surface area contributed by atoms with Gasteiger partial charge >= 0.3 is 0 Å². The molecule has 0 amide bonds. The van der Waals surface area contributed by atoms with Gasteiger partial charge in [-0.15, -0.1) is 0 Å². The fraction of sp³-hybridized carbons (Fsp3) is 0.417. The standard InChI is InChI=1S/C12H14O2/c13-9-8-12-11(14-12)7-6-10-4-2-1-3-5-10/h1-5,9,11-12H,6-8H2/t11-,12-/m0/s1. The fourth-order valence-corrected chi connectivity index (χ4v) is 1.69. The quantitative estimate of drug-likeness (QED) is 0.525. The van der Waals surface area contributed by atoms with Gasteiger partial charge in [-0.05, 0) is 18.4 Å². The van der Waals surface area contributed by atoms with Crippen molar-refractivity contribution in [2.75, 3.05) is 0 Å². The smallest absolute Gasteiger partial charge is 0.122 e. The van der Waals surface area contributed by atoms with Crippen LogP contribution in [0.2, 0.25) is 0 Å². The van der Waals surface area contributed by atoms with Crippen LogP contribution in [0.15, 0.2) is 30.3 Å². The van der Waals surface area contributed by atoms with Crippen LogP contribution in [0.25, 0.3) is 0 Å². The maximum absolute atomic E-state index is 10.2. The molecule has 1 aromatic rings. The van der Waals surface area contributed by atoms with E-state index in [0.717, 1.165) is 19.1 Å². The predicted octanol–water partition coefficient (Wildman–Crippen LogP) is 1.98. The fourth-order valence-electron chi connectivity index (χ4n) is 1.69. The van der Waals surface area contributed by atoms with Crippen LogP contribution in [-0.2, 0) is 16.0 Å². The predicted molar refractivity (Wildman–Crippen MR) is 54.1 cm³/mol. The zero-order valence-corrected chi connectivity index (χ0v) is 8.06. The lowest BCUT2D eigenvalue weighted by Gasteiger charge is -1.97. The lowest BCUT2D eigenvalue weighted by Crippen LogP contribution is -1.97. The number of aryl methyl sites for hydroxylation is 1. The number of carbonyl (C=O) groups excluding carboxylic acids is 1. The Morgan fingerprint density at radius 2 is 2.00 bits per heavy atom. The first-order valence-corrected chi connectivity index (χ1v) is 5.03. The Bertz CT molecular complexity index is 294. The van der Waals surface area contributed by atoms with E-state index < -0.39 is 0 Å². The molecule has 1 heterocycles. The molecule has 0 bridgehead atoms. The molecule has 2 heteroatoms. The molecule has 0 aliphatic carbocycles. The number of benzene rings is 1.